The number of allylic oxidation sites excluding steroid dienone is 1. The van der Waals surface area contributed by atoms with E-state index in [9.17, 15) is 8.42 Å². The highest BCUT2D eigenvalue weighted by atomic mass is 32.2. The summed E-state index contributed by atoms with van der Waals surface area (Å²) in [7, 11) is -2.88. The lowest BCUT2D eigenvalue weighted by molar-refractivity contribution is 0.600. The van der Waals surface area contributed by atoms with E-state index >= 15 is 0 Å². The maximum atomic E-state index is 11.0. The molecule has 0 bridgehead atoms. The molecule has 0 radical (unpaired) electrons. The van der Waals surface area contributed by atoms with Gasteiger partial charge in [-0.1, -0.05) is 6.08 Å². The number of aryl methyl sites for hydroxylation is 1. The van der Waals surface area contributed by atoms with E-state index in [0.717, 1.165) is 11.6 Å². The van der Waals surface area contributed by atoms with E-state index in [0.29, 0.717) is 19.5 Å². The van der Waals surface area contributed by atoms with Crippen LogP contribution in [-0.4, -0.2) is 36.5 Å². The van der Waals surface area contributed by atoms with E-state index < -0.39 is 9.84 Å². The molecule has 5 nitrogen and oxygen atoms in total. The van der Waals surface area contributed by atoms with Gasteiger partial charge in [0.05, 0.1) is 11.4 Å². The van der Waals surface area contributed by atoms with Crippen LogP contribution in [0.2, 0.25) is 0 Å². The van der Waals surface area contributed by atoms with Crippen molar-refractivity contribution in [2.24, 2.45) is 0 Å². The molecule has 1 aromatic heterocycles. The SMILES string of the molecule is C=CCn1cc(C)nc1NCCCS(C)(=O)=O. The summed E-state index contributed by atoms with van der Waals surface area (Å²) in [5.41, 5.74) is 0.928. The normalized spacial score (nSPS) is 11.4. The summed E-state index contributed by atoms with van der Waals surface area (Å²) in [4.78, 5) is 4.32. The summed E-state index contributed by atoms with van der Waals surface area (Å²) >= 11 is 0. The lowest BCUT2D eigenvalue weighted by atomic mass is 10.5. The average Bonchev–Trinajstić information content (AvgIpc) is 2.53. The molecule has 0 aliphatic carbocycles. The zero-order chi connectivity index (χ0) is 12.9. The van der Waals surface area contributed by atoms with Crippen molar-refractivity contribution in [1.82, 2.24) is 9.55 Å². The number of rotatable bonds is 7. The van der Waals surface area contributed by atoms with Gasteiger partial charge in [-0.2, -0.15) is 0 Å². The summed E-state index contributed by atoms with van der Waals surface area (Å²) in [6, 6.07) is 0. The van der Waals surface area contributed by atoms with Gasteiger partial charge in [0.1, 0.15) is 9.84 Å². The Labute approximate surface area is 102 Å². The molecule has 96 valence electrons. The molecule has 0 aliphatic rings. The van der Waals surface area contributed by atoms with Crippen LogP contribution in [0.25, 0.3) is 0 Å². The average molecular weight is 257 g/mol. The highest BCUT2D eigenvalue weighted by Crippen LogP contribution is 2.08. The van der Waals surface area contributed by atoms with Gasteiger partial charge in [0.2, 0.25) is 5.95 Å². The van der Waals surface area contributed by atoms with Gasteiger partial charge in [0.25, 0.3) is 0 Å². The zero-order valence-electron chi connectivity index (χ0n) is 10.3. The second kappa shape index (κ2) is 5.86. The lowest BCUT2D eigenvalue weighted by Crippen LogP contribution is -2.12. The van der Waals surface area contributed by atoms with Crippen molar-refractivity contribution < 1.29 is 8.42 Å². The molecule has 0 saturated carbocycles. The summed E-state index contributed by atoms with van der Waals surface area (Å²) in [6.07, 6.45) is 5.55. The second-order valence-electron chi connectivity index (χ2n) is 4.06. The van der Waals surface area contributed by atoms with Crippen LogP contribution < -0.4 is 5.32 Å². The van der Waals surface area contributed by atoms with E-state index in [4.69, 9.17) is 0 Å². The first-order chi connectivity index (χ1) is 7.92. The third-order valence-corrected chi connectivity index (χ3v) is 3.23. The quantitative estimate of drug-likeness (QED) is 0.589. The van der Waals surface area contributed by atoms with Crippen molar-refractivity contribution >= 4 is 15.8 Å². The van der Waals surface area contributed by atoms with Crippen molar-refractivity contribution in [2.45, 2.75) is 19.9 Å². The number of hydrogen-bond donors (Lipinski definition) is 1. The van der Waals surface area contributed by atoms with Gasteiger partial charge in [0.15, 0.2) is 0 Å². The number of nitrogens with zero attached hydrogens (tertiary/aromatic N) is 2. The molecule has 0 saturated heterocycles. The molecule has 1 heterocycles. The maximum Gasteiger partial charge on any atom is 0.203 e. The van der Waals surface area contributed by atoms with Gasteiger partial charge in [-0.25, -0.2) is 13.4 Å². The smallest absolute Gasteiger partial charge is 0.203 e. The summed E-state index contributed by atoms with van der Waals surface area (Å²) in [6.45, 7) is 6.88. The first-order valence-corrected chi connectivity index (χ1v) is 7.54. The van der Waals surface area contributed by atoms with Crippen LogP contribution in [0, 0.1) is 6.92 Å². The standard InChI is InChI=1S/C11H19N3O2S/c1-4-7-14-9-10(2)13-11(14)12-6-5-8-17(3,15)16/h4,9H,1,5-8H2,2-3H3,(H,12,13). The Morgan fingerprint density at radius 3 is 2.88 bits per heavy atom. The number of aromatic nitrogens is 2. The Kier molecular flexibility index (Phi) is 4.74. The second-order valence-corrected chi connectivity index (χ2v) is 6.32. The van der Waals surface area contributed by atoms with Crippen LogP contribution in [0.5, 0.6) is 0 Å². The highest BCUT2D eigenvalue weighted by Gasteiger charge is 2.05. The Morgan fingerprint density at radius 2 is 2.29 bits per heavy atom. The van der Waals surface area contributed by atoms with Crippen molar-refractivity contribution in [3.05, 3.63) is 24.5 Å². The Bertz CT molecular complexity index is 477. The van der Waals surface area contributed by atoms with Crippen molar-refractivity contribution in [2.75, 3.05) is 23.9 Å². The van der Waals surface area contributed by atoms with Gasteiger partial charge < -0.3 is 9.88 Å². The van der Waals surface area contributed by atoms with Gasteiger partial charge in [-0.15, -0.1) is 6.58 Å². The fourth-order valence-electron chi connectivity index (χ4n) is 1.50. The van der Waals surface area contributed by atoms with Crippen LogP contribution >= 0.6 is 0 Å². The first-order valence-electron chi connectivity index (χ1n) is 5.48. The largest absolute Gasteiger partial charge is 0.356 e. The molecule has 0 spiro atoms. The Hall–Kier alpha value is -1.30. The number of nitrogens with one attached hydrogen (secondary N) is 1. The fourth-order valence-corrected chi connectivity index (χ4v) is 2.17. The lowest BCUT2D eigenvalue weighted by Gasteiger charge is -2.07. The summed E-state index contributed by atoms with van der Waals surface area (Å²) < 4.78 is 23.9. The number of imidazole rings is 1. The van der Waals surface area contributed by atoms with Crippen LogP contribution in [0.15, 0.2) is 18.9 Å². The van der Waals surface area contributed by atoms with Gasteiger partial charge >= 0.3 is 0 Å². The van der Waals surface area contributed by atoms with E-state index in [-0.39, 0.29) is 5.75 Å². The Morgan fingerprint density at radius 1 is 1.59 bits per heavy atom. The molecule has 6 heteroatoms. The Balaban J connectivity index is 2.48. The van der Waals surface area contributed by atoms with Crippen molar-refractivity contribution in [3.63, 3.8) is 0 Å². The zero-order valence-corrected chi connectivity index (χ0v) is 11.1. The molecular weight excluding hydrogens is 238 g/mol. The van der Waals surface area contributed by atoms with Gasteiger partial charge in [-0.3, -0.25) is 0 Å². The van der Waals surface area contributed by atoms with E-state index in [1.807, 2.05) is 17.7 Å². The van der Waals surface area contributed by atoms with Crippen LogP contribution in [0.3, 0.4) is 0 Å². The van der Waals surface area contributed by atoms with E-state index in [2.05, 4.69) is 16.9 Å². The molecule has 1 rings (SSSR count). The van der Waals surface area contributed by atoms with E-state index in [1.165, 1.54) is 6.26 Å². The maximum absolute atomic E-state index is 11.0. The first kappa shape index (κ1) is 13.8. The molecule has 0 atom stereocenters. The van der Waals surface area contributed by atoms with Crippen LogP contribution in [-0.2, 0) is 16.4 Å². The number of hydrogen-bond acceptors (Lipinski definition) is 4. The molecule has 1 aromatic rings. The predicted octanol–water partition coefficient (Wildman–Crippen LogP) is 1.22. The highest BCUT2D eigenvalue weighted by molar-refractivity contribution is 7.90. The minimum atomic E-state index is -2.88. The third-order valence-electron chi connectivity index (χ3n) is 2.20. The molecule has 1 N–H and O–H groups in total. The number of anilines is 1. The molecule has 17 heavy (non-hydrogen) atoms. The van der Waals surface area contributed by atoms with Crippen molar-refractivity contribution in [1.29, 1.82) is 0 Å². The third kappa shape index (κ3) is 5.04. The summed E-state index contributed by atoms with van der Waals surface area (Å²) in [5, 5.41) is 3.13. The van der Waals surface area contributed by atoms with Crippen LogP contribution in [0.1, 0.15) is 12.1 Å². The molecule has 0 unspecified atom stereocenters. The molecular formula is C11H19N3O2S. The molecule has 0 aliphatic heterocycles. The van der Waals surface area contributed by atoms with Crippen LogP contribution in [0.4, 0.5) is 5.95 Å². The topological polar surface area (TPSA) is 64.0 Å². The van der Waals surface area contributed by atoms with Crippen molar-refractivity contribution in [3.8, 4) is 0 Å². The fraction of sp³-hybridized carbons (Fsp3) is 0.545. The minimum absolute atomic E-state index is 0.196. The molecule has 0 fully saturated rings. The minimum Gasteiger partial charge on any atom is -0.356 e. The van der Waals surface area contributed by atoms with Gasteiger partial charge in [0, 0.05) is 25.5 Å². The van der Waals surface area contributed by atoms with E-state index in [1.54, 1.807) is 6.08 Å². The monoisotopic (exact) mass is 257 g/mol. The molecule has 0 aromatic carbocycles. The number of sulfone groups is 1. The molecule has 0 amide bonds. The van der Waals surface area contributed by atoms with Gasteiger partial charge in [-0.05, 0) is 13.3 Å². The predicted molar refractivity (Wildman–Crippen MR) is 70.0 cm³/mol. The summed E-state index contributed by atoms with van der Waals surface area (Å²) in [5.74, 6) is 0.956.